The molecular weight excluding hydrogens is 563 g/mol. The lowest BCUT2D eigenvalue weighted by atomic mass is 9.78. The van der Waals surface area contributed by atoms with E-state index in [9.17, 15) is 37.2 Å². The minimum atomic E-state index is -5.08. The van der Waals surface area contributed by atoms with Gasteiger partial charge in [0.05, 0.1) is 0 Å². The van der Waals surface area contributed by atoms with E-state index in [4.69, 9.17) is 9.05 Å². The molecule has 0 spiro atoms. The topological polar surface area (TPSA) is 96.2 Å². The van der Waals surface area contributed by atoms with Crippen molar-refractivity contribution in [1.82, 2.24) is 0 Å². The molecule has 0 unspecified atom stereocenters. The Labute approximate surface area is 234 Å². The molecule has 4 aromatic rings. The molecule has 0 aromatic heterocycles. The summed E-state index contributed by atoms with van der Waals surface area (Å²) in [6, 6.07) is 14.7. The Morgan fingerprint density at radius 3 is 1.15 bits per heavy atom. The second-order valence-corrected chi connectivity index (χ2v) is 11.8. The first-order chi connectivity index (χ1) is 19.0. The molecule has 11 heteroatoms. The average Bonchev–Trinajstić information content (AvgIpc) is 2.89. The van der Waals surface area contributed by atoms with Gasteiger partial charge in [-0.1, -0.05) is 52.0 Å². The largest absolute Gasteiger partial charge is 0.585 e. The Bertz CT molecular complexity index is 1550. The number of phosphoric ester groups is 1. The van der Waals surface area contributed by atoms with Crippen molar-refractivity contribution >= 4 is 7.82 Å². The molecule has 0 aliphatic carbocycles. The van der Waals surface area contributed by atoms with Crippen LogP contribution in [0.3, 0.4) is 0 Å². The number of hydrogen-bond donors (Lipinski definition) is 3. The molecule has 4 aromatic carbocycles. The van der Waals surface area contributed by atoms with Crippen molar-refractivity contribution in [2.24, 2.45) is 0 Å². The molecule has 0 saturated heterocycles. The van der Waals surface area contributed by atoms with E-state index in [-0.39, 0.29) is 0 Å². The first-order valence-electron chi connectivity index (χ1n) is 12.3. The number of aromatic hydroxyl groups is 2. The van der Waals surface area contributed by atoms with E-state index in [1.807, 2.05) is 0 Å². The van der Waals surface area contributed by atoms with Gasteiger partial charge in [0.2, 0.25) is 0 Å². The lowest BCUT2D eigenvalue weighted by molar-refractivity contribution is 0.280. The van der Waals surface area contributed by atoms with Gasteiger partial charge in [0.15, 0.2) is 46.3 Å². The summed E-state index contributed by atoms with van der Waals surface area (Å²) in [4.78, 5) is 10.2. The molecule has 6 nitrogen and oxygen atoms in total. The Morgan fingerprint density at radius 2 is 0.854 bits per heavy atom. The molecule has 0 atom stereocenters. The van der Waals surface area contributed by atoms with Gasteiger partial charge in [-0.2, -0.15) is 0 Å². The maximum atomic E-state index is 14.9. The van der Waals surface area contributed by atoms with Crippen LogP contribution in [0, 0.1) is 23.3 Å². The summed E-state index contributed by atoms with van der Waals surface area (Å²) in [6.07, 6.45) is 0. The zero-order valence-electron chi connectivity index (χ0n) is 22.5. The first kappa shape index (κ1) is 30.0. The van der Waals surface area contributed by atoms with Crippen molar-refractivity contribution < 1.29 is 46.3 Å². The van der Waals surface area contributed by atoms with Gasteiger partial charge >= 0.3 is 7.82 Å². The molecule has 3 N–H and O–H groups in total. The third-order valence-corrected chi connectivity index (χ3v) is 7.93. The first-order valence-corrected chi connectivity index (χ1v) is 13.8. The summed E-state index contributed by atoms with van der Waals surface area (Å²) in [7, 11) is -5.08. The number of halogens is 4. The second kappa shape index (κ2) is 10.8. The van der Waals surface area contributed by atoms with Crippen LogP contribution < -0.4 is 9.05 Å². The van der Waals surface area contributed by atoms with E-state index < -0.39 is 64.9 Å². The Hall–Kier alpha value is -4.01. The fourth-order valence-electron chi connectivity index (χ4n) is 4.32. The molecule has 0 heterocycles. The summed E-state index contributed by atoms with van der Waals surface area (Å²) >= 11 is 0. The third kappa shape index (κ3) is 6.19. The Kier molecular flexibility index (Phi) is 7.86. The summed E-state index contributed by atoms with van der Waals surface area (Å²) in [5, 5.41) is 18.9. The highest BCUT2D eigenvalue weighted by Crippen LogP contribution is 2.47. The molecule has 41 heavy (non-hydrogen) atoms. The van der Waals surface area contributed by atoms with Crippen LogP contribution in [0.1, 0.15) is 49.9 Å². The van der Waals surface area contributed by atoms with E-state index >= 15 is 0 Å². The molecular formula is C30H27F4O6P. The maximum Gasteiger partial charge on any atom is 0.585 e. The predicted octanol–water partition coefficient (Wildman–Crippen LogP) is 7.86. The van der Waals surface area contributed by atoms with E-state index in [0.29, 0.717) is 22.3 Å². The van der Waals surface area contributed by atoms with Gasteiger partial charge in [0.1, 0.15) is 0 Å². The van der Waals surface area contributed by atoms with Crippen LogP contribution in [0.4, 0.5) is 17.6 Å². The number of phenols is 2. The minimum absolute atomic E-state index is 0.374. The van der Waals surface area contributed by atoms with Crippen LogP contribution in [0.25, 0.3) is 0 Å². The van der Waals surface area contributed by atoms with Gasteiger partial charge in [-0.05, 0) is 70.8 Å². The van der Waals surface area contributed by atoms with Crippen LogP contribution in [0.2, 0.25) is 0 Å². The molecule has 0 aliphatic rings. The number of phenolic OH excluding ortho intramolecular Hbond substituents is 2. The number of benzene rings is 4. The van der Waals surface area contributed by atoms with Crippen molar-refractivity contribution in [2.45, 2.75) is 38.5 Å². The summed E-state index contributed by atoms with van der Waals surface area (Å²) in [6.45, 7) is 6.78. The standard InChI is InChI=1S/C30H27F4O6P/c1-29(2,17-5-9-25(35)21(31)13-17)19-7-11-27(23(33)15-19)39-41(37,38)40-28-12-8-20(16-24(28)34)30(3,4)18-6-10-26(36)22(32)14-18/h5-16,35-36H,1-4H3,(H,37,38). The van der Waals surface area contributed by atoms with Gasteiger partial charge < -0.3 is 19.3 Å². The number of hydrogen-bond acceptors (Lipinski definition) is 5. The number of rotatable bonds is 8. The van der Waals surface area contributed by atoms with Crippen LogP contribution in [0.5, 0.6) is 23.0 Å². The highest BCUT2D eigenvalue weighted by Gasteiger charge is 2.31. The normalized spacial score (nSPS) is 12.3. The monoisotopic (exact) mass is 590 g/mol. The van der Waals surface area contributed by atoms with Gasteiger partial charge in [0.25, 0.3) is 0 Å². The van der Waals surface area contributed by atoms with Crippen molar-refractivity contribution in [3.05, 3.63) is 118 Å². The van der Waals surface area contributed by atoms with Crippen molar-refractivity contribution in [3.63, 3.8) is 0 Å². The van der Waals surface area contributed by atoms with Crippen molar-refractivity contribution in [1.29, 1.82) is 0 Å². The quantitative estimate of drug-likeness (QED) is 0.143. The average molecular weight is 591 g/mol. The van der Waals surface area contributed by atoms with Crippen LogP contribution >= 0.6 is 7.82 Å². The van der Waals surface area contributed by atoms with Crippen molar-refractivity contribution in [3.8, 4) is 23.0 Å². The van der Waals surface area contributed by atoms with Gasteiger partial charge in [-0.25, -0.2) is 22.1 Å². The zero-order valence-corrected chi connectivity index (χ0v) is 23.3. The van der Waals surface area contributed by atoms with Crippen LogP contribution in [0.15, 0.2) is 72.8 Å². The van der Waals surface area contributed by atoms with Crippen LogP contribution in [-0.2, 0) is 15.4 Å². The molecule has 0 aliphatic heterocycles. The summed E-state index contributed by atoms with van der Waals surface area (Å²) < 4.78 is 80.1. The lowest BCUT2D eigenvalue weighted by Gasteiger charge is -2.27. The molecule has 216 valence electrons. The van der Waals surface area contributed by atoms with E-state index in [2.05, 4.69) is 0 Å². The molecule has 0 radical (unpaired) electrons. The summed E-state index contributed by atoms with van der Waals surface area (Å²) in [5.41, 5.74) is -0.211. The van der Waals surface area contributed by atoms with E-state index in [1.54, 1.807) is 27.7 Å². The fraction of sp³-hybridized carbons (Fsp3) is 0.200. The molecule has 0 saturated carbocycles. The molecule has 0 fully saturated rings. The Balaban J connectivity index is 1.53. The van der Waals surface area contributed by atoms with Gasteiger partial charge in [-0.15, -0.1) is 0 Å². The second-order valence-electron chi connectivity index (χ2n) is 10.5. The fourth-order valence-corrected chi connectivity index (χ4v) is 5.15. The SMILES string of the molecule is CC(C)(c1ccc(O)c(F)c1)c1ccc(OP(=O)(O)Oc2ccc(C(C)(C)c3ccc(O)c(F)c3)cc2F)c(F)c1. The van der Waals surface area contributed by atoms with Crippen molar-refractivity contribution in [2.75, 3.05) is 0 Å². The summed E-state index contributed by atoms with van der Waals surface area (Å²) in [5.74, 6) is -6.06. The number of phosphoric acid groups is 1. The predicted molar refractivity (Wildman–Crippen MR) is 144 cm³/mol. The van der Waals surface area contributed by atoms with E-state index in [1.165, 1.54) is 36.4 Å². The lowest BCUT2D eigenvalue weighted by Crippen LogP contribution is -2.19. The molecule has 0 bridgehead atoms. The van der Waals surface area contributed by atoms with Gasteiger partial charge in [-0.3, -0.25) is 4.89 Å². The Morgan fingerprint density at radius 1 is 0.561 bits per heavy atom. The molecule has 4 rings (SSSR count). The highest BCUT2D eigenvalue weighted by molar-refractivity contribution is 7.48. The smallest absolute Gasteiger partial charge is 0.505 e. The highest BCUT2D eigenvalue weighted by atomic mass is 31.2. The minimum Gasteiger partial charge on any atom is -0.505 e. The van der Waals surface area contributed by atoms with Gasteiger partial charge in [0, 0.05) is 10.8 Å². The zero-order chi connectivity index (χ0) is 30.3. The maximum absolute atomic E-state index is 14.9. The van der Waals surface area contributed by atoms with Crippen LogP contribution in [-0.4, -0.2) is 15.1 Å². The van der Waals surface area contributed by atoms with E-state index in [0.717, 1.165) is 36.4 Å². The molecule has 0 amide bonds. The third-order valence-electron chi connectivity index (χ3n) is 7.07.